The number of likely N-dealkylation sites (tertiary alicyclic amines) is 7. The van der Waals surface area contributed by atoms with E-state index in [-0.39, 0.29) is 17.2 Å². The lowest BCUT2D eigenvalue weighted by Gasteiger charge is -2.48. The third kappa shape index (κ3) is 20.7. The summed E-state index contributed by atoms with van der Waals surface area (Å²) < 4.78 is 50.5. The molecule has 3 atom stereocenters. The van der Waals surface area contributed by atoms with Gasteiger partial charge in [-0.25, -0.2) is 0 Å². The molecule has 0 aromatic rings. The smallest absolute Gasteiger partial charge is 0.182 e. The fourth-order valence-electron chi connectivity index (χ4n) is 16.4. The molecule has 0 amide bonds. The van der Waals surface area contributed by atoms with Crippen molar-refractivity contribution in [2.24, 2.45) is 21.7 Å². The first-order valence-corrected chi connectivity index (χ1v) is 36.7. The lowest BCUT2D eigenvalue weighted by atomic mass is 9.76. The molecule has 14 heterocycles. The molecule has 14 aliphatic heterocycles. The Hall–Kier alpha value is -0.640. The Labute approximate surface area is 539 Å². The van der Waals surface area contributed by atoms with Crippen LogP contribution in [0.3, 0.4) is 0 Å². The normalized spacial score (nSPS) is 32.3. The maximum atomic E-state index is 5.97. The highest BCUT2D eigenvalue weighted by Gasteiger charge is 2.47. The van der Waals surface area contributed by atoms with E-state index in [0.29, 0.717) is 51.9 Å². The van der Waals surface area contributed by atoms with Gasteiger partial charge < -0.3 is 62.2 Å². The number of hydrogen-bond donors (Lipinski definition) is 0. The summed E-state index contributed by atoms with van der Waals surface area (Å²) in [5.41, 5.74) is 2.56. The molecule has 0 aromatic heterocycles. The van der Waals surface area contributed by atoms with Crippen LogP contribution in [-0.2, 0) is 42.6 Å². The standard InChI is InChI=1S/3C11H21NO.C10H19NO2.2C10H19NO.C9H17NO2/c1-10(2)12-6-3-11(9-12)4-7-13-8-5-11;1-10(2)12-6-5-11(8-12)4-3-7-13-9-11;1-10(2)12-7-6-11(9-12)5-3-4-8-13-11;1-9(2)11-5-4-10(8-11)12-6-3-7-13-10;1-9(2)11-5-3-10(7-11)4-6-12-8-10;1-9(2)11-5-3-10(4-6-11)7-12-8-10;1-8(2)10-4-3-9(7-10)11-5-6-12-9/h3*10H,3-9H2,1-2H3;9H,3-8H2,1-2H3;2*9H,3-8H2,1-2H3;8H,3-7H2,1-2H3. The molecule has 3 unspecified atom stereocenters. The molecule has 14 rings (SSSR count). The number of rotatable bonds is 7. The van der Waals surface area contributed by atoms with Crippen molar-refractivity contribution in [3.8, 4) is 0 Å². The summed E-state index contributed by atoms with van der Waals surface area (Å²) in [6.07, 6.45) is 21.6. The zero-order valence-corrected chi connectivity index (χ0v) is 59.5. The number of ether oxygens (including phenoxy) is 9. The summed E-state index contributed by atoms with van der Waals surface area (Å²) in [5.74, 6) is -0.479. The van der Waals surface area contributed by atoms with Gasteiger partial charge in [-0.05, 0) is 231 Å². The minimum absolute atomic E-state index is 0.232. The van der Waals surface area contributed by atoms with Gasteiger partial charge in [0.15, 0.2) is 11.6 Å². The van der Waals surface area contributed by atoms with Crippen molar-refractivity contribution in [3.63, 3.8) is 0 Å². The summed E-state index contributed by atoms with van der Waals surface area (Å²) in [7, 11) is 0. The lowest BCUT2D eigenvalue weighted by molar-refractivity contribution is -0.257. The summed E-state index contributed by atoms with van der Waals surface area (Å²) in [6, 6.07) is 4.77. The van der Waals surface area contributed by atoms with E-state index in [1.54, 1.807) is 0 Å². The average molecular weight is 1240 g/mol. The van der Waals surface area contributed by atoms with Crippen LogP contribution in [0.2, 0.25) is 0 Å². The van der Waals surface area contributed by atoms with Crippen LogP contribution in [0.1, 0.15) is 206 Å². The van der Waals surface area contributed by atoms with Gasteiger partial charge in [0.2, 0.25) is 0 Å². The van der Waals surface area contributed by atoms with Crippen molar-refractivity contribution in [3.05, 3.63) is 0 Å². The highest BCUT2D eigenvalue weighted by Crippen LogP contribution is 2.43. The Morgan fingerprint density at radius 1 is 0.227 bits per heavy atom. The molecule has 0 aromatic carbocycles. The summed E-state index contributed by atoms with van der Waals surface area (Å²) in [4.78, 5) is 17.7. The largest absolute Gasteiger partial charge is 0.381 e. The zero-order valence-electron chi connectivity index (χ0n) is 59.5. The number of nitrogens with zero attached hydrogens (tertiary/aromatic N) is 7. The number of piperidine rings is 1. The van der Waals surface area contributed by atoms with E-state index in [4.69, 9.17) is 42.6 Å². The third-order valence-corrected chi connectivity index (χ3v) is 23.4. The minimum Gasteiger partial charge on any atom is -0.381 e. The van der Waals surface area contributed by atoms with Gasteiger partial charge >= 0.3 is 0 Å². The molecule has 88 heavy (non-hydrogen) atoms. The summed E-state index contributed by atoms with van der Waals surface area (Å²) in [5, 5.41) is 0. The van der Waals surface area contributed by atoms with E-state index >= 15 is 0 Å². The molecule has 16 heteroatoms. The van der Waals surface area contributed by atoms with E-state index in [9.17, 15) is 0 Å². The molecule has 0 saturated carbocycles. The van der Waals surface area contributed by atoms with Gasteiger partial charge in [0.1, 0.15) is 0 Å². The van der Waals surface area contributed by atoms with Crippen LogP contribution in [0, 0.1) is 21.7 Å². The fourth-order valence-corrected chi connectivity index (χ4v) is 16.4. The molecular weight excluding hydrogens is 1110 g/mol. The third-order valence-electron chi connectivity index (χ3n) is 23.4. The maximum absolute atomic E-state index is 5.97. The van der Waals surface area contributed by atoms with Crippen LogP contribution in [0.25, 0.3) is 0 Å². The highest BCUT2D eigenvalue weighted by molar-refractivity contribution is 4.97. The van der Waals surface area contributed by atoms with Crippen LogP contribution >= 0.6 is 0 Å². The van der Waals surface area contributed by atoms with E-state index < -0.39 is 0 Å². The second-order valence-corrected chi connectivity index (χ2v) is 32.1. The van der Waals surface area contributed by atoms with Crippen molar-refractivity contribution in [2.75, 3.05) is 178 Å². The average Bonchev–Trinajstić information content (AvgIpc) is 4.56. The van der Waals surface area contributed by atoms with Gasteiger partial charge in [-0.3, -0.25) is 14.7 Å². The highest BCUT2D eigenvalue weighted by atomic mass is 16.7. The van der Waals surface area contributed by atoms with Crippen LogP contribution in [0.15, 0.2) is 0 Å². The minimum atomic E-state index is -0.248. The van der Waals surface area contributed by atoms with Crippen molar-refractivity contribution in [2.45, 2.75) is 266 Å². The van der Waals surface area contributed by atoms with Crippen LogP contribution in [0.4, 0.5) is 0 Å². The molecule has 0 N–H and O–H groups in total. The first-order chi connectivity index (χ1) is 42.0. The maximum Gasteiger partial charge on any atom is 0.182 e. The van der Waals surface area contributed by atoms with Gasteiger partial charge in [-0.2, -0.15) is 0 Å². The molecule has 14 fully saturated rings. The number of hydrogen-bond acceptors (Lipinski definition) is 16. The monoisotopic (exact) mass is 1240 g/mol. The van der Waals surface area contributed by atoms with Crippen molar-refractivity contribution in [1.29, 1.82) is 0 Å². The van der Waals surface area contributed by atoms with Gasteiger partial charge in [0.05, 0.1) is 71.5 Å². The molecule has 0 bridgehead atoms. The Morgan fingerprint density at radius 3 is 1.00 bits per heavy atom. The second-order valence-electron chi connectivity index (χ2n) is 32.1. The van der Waals surface area contributed by atoms with Gasteiger partial charge in [0, 0.05) is 150 Å². The molecule has 14 saturated heterocycles. The molecule has 14 aliphatic rings. The van der Waals surface area contributed by atoms with Crippen LogP contribution in [0.5, 0.6) is 0 Å². The summed E-state index contributed by atoms with van der Waals surface area (Å²) >= 11 is 0. The molecule has 0 aliphatic carbocycles. The van der Waals surface area contributed by atoms with E-state index in [1.807, 2.05) is 0 Å². The predicted molar refractivity (Wildman–Crippen MR) is 356 cm³/mol. The zero-order chi connectivity index (χ0) is 63.1. The Balaban J connectivity index is 0.000000133. The Kier molecular flexibility index (Phi) is 28.1. The van der Waals surface area contributed by atoms with Gasteiger partial charge in [-0.1, -0.05) is 0 Å². The molecule has 0 radical (unpaired) electrons. The SMILES string of the molecule is CC(C)N1CCC2(C1)OCCCO2.CC(C)N1CCC2(C1)OCCO2.CC(C)N1CCC2(CC1)COC2.CC(C)N1CCC2(CCCCO2)C1.CC(C)N1CCC2(CCCOC2)C1.CC(C)N1CCC2(CCOC2)C1.CC(C)N1CCC2(CCOCC2)C1. The van der Waals surface area contributed by atoms with E-state index in [1.165, 1.54) is 155 Å². The van der Waals surface area contributed by atoms with Crippen molar-refractivity contribution in [1.82, 2.24) is 34.3 Å². The van der Waals surface area contributed by atoms with Crippen LogP contribution < -0.4 is 0 Å². The topological polar surface area (TPSA) is 106 Å². The predicted octanol–water partition coefficient (Wildman–Crippen LogP) is 10.9. The molecule has 7 spiro atoms. The Morgan fingerprint density at radius 2 is 0.591 bits per heavy atom. The molecule has 514 valence electrons. The van der Waals surface area contributed by atoms with E-state index in [2.05, 4.69) is 131 Å². The van der Waals surface area contributed by atoms with Crippen molar-refractivity contribution >= 4 is 0 Å². The quantitative estimate of drug-likeness (QED) is 0.241. The Bertz CT molecular complexity index is 1740. The second kappa shape index (κ2) is 33.8. The fraction of sp³-hybridized carbons (Fsp3) is 1.00. The first kappa shape index (κ1) is 73.2. The molecular formula is C72H137N7O9. The van der Waals surface area contributed by atoms with E-state index in [0.717, 1.165) is 143 Å². The lowest BCUT2D eigenvalue weighted by Crippen LogP contribution is -2.52. The molecule has 16 nitrogen and oxygen atoms in total. The summed E-state index contributed by atoms with van der Waals surface area (Å²) in [6.45, 7) is 60.9. The van der Waals surface area contributed by atoms with Crippen molar-refractivity contribution < 1.29 is 42.6 Å². The first-order valence-electron chi connectivity index (χ1n) is 36.7. The van der Waals surface area contributed by atoms with Gasteiger partial charge in [-0.15, -0.1) is 0 Å². The van der Waals surface area contributed by atoms with Crippen LogP contribution in [-0.4, -0.2) is 271 Å². The van der Waals surface area contributed by atoms with Gasteiger partial charge in [0.25, 0.3) is 0 Å².